The molecule has 21 heavy (non-hydrogen) atoms. The fourth-order valence-electron chi connectivity index (χ4n) is 2.18. The van der Waals surface area contributed by atoms with E-state index < -0.39 is 0 Å². The molecular weight excluding hydrogens is 329 g/mol. The maximum absolute atomic E-state index is 11.8. The number of pyridine rings is 1. The topological polar surface area (TPSA) is 54.0 Å². The normalized spacial score (nSPS) is 16.7. The van der Waals surface area contributed by atoms with E-state index in [0.29, 0.717) is 15.1 Å². The third-order valence-corrected chi connectivity index (χ3v) is 5.07. The van der Waals surface area contributed by atoms with Crippen molar-refractivity contribution in [3.8, 4) is 0 Å². The number of hydrogen-bond donors (Lipinski definition) is 2. The molecule has 0 fully saturated rings. The van der Waals surface area contributed by atoms with Crippen molar-refractivity contribution in [2.24, 2.45) is 0 Å². The van der Waals surface area contributed by atoms with Gasteiger partial charge in [-0.25, -0.2) is 4.98 Å². The lowest BCUT2D eigenvalue weighted by Crippen LogP contribution is -2.23. The quantitative estimate of drug-likeness (QED) is 0.894. The van der Waals surface area contributed by atoms with Gasteiger partial charge in [-0.15, -0.1) is 0 Å². The van der Waals surface area contributed by atoms with Gasteiger partial charge in [0.15, 0.2) is 0 Å². The number of halogens is 2. The minimum absolute atomic E-state index is 0.0819. The molecule has 0 aliphatic carbocycles. The highest BCUT2D eigenvalue weighted by Gasteiger charge is 2.30. The van der Waals surface area contributed by atoms with Gasteiger partial charge in [-0.05, 0) is 31.3 Å². The first-order chi connectivity index (χ1) is 10.1. The predicted octanol–water partition coefficient (Wildman–Crippen LogP) is 3.75. The minimum atomic E-state index is -0.366. The number of fused-ring (bicyclic) bond motifs is 1. The Labute approximate surface area is 136 Å². The van der Waals surface area contributed by atoms with Crippen molar-refractivity contribution in [2.75, 3.05) is 12.4 Å². The van der Waals surface area contributed by atoms with Gasteiger partial charge in [0.1, 0.15) is 11.1 Å². The molecule has 0 saturated heterocycles. The summed E-state index contributed by atoms with van der Waals surface area (Å²) in [6, 6.07) is 6.83. The van der Waals surface area contributed by atoms with Crippen molar-refractivity contribution in [2.45, 2.75) is 16.0 Å². The number of hydrogen-bond acceptors (Lipinski definition) is 4. The molecule has 1 amide bonds. The molecule has 1 aliphatic heterocycles. The van der Waals surface area contributed by atoms with Gasteiger partial charge in [-0.1, -0.05) is 35.0 Å². The highest BCUT2D eigenvalue weighted by molar-refractivity contribution is 7.99. The second kappa shape index (κ2) is 5.85. The Morgan fingerprint density at radius 2 is 2.14 bits per heavy atom. The molecule has 1 aromatic heterocycles. The second-order valence-corrected chi connectivity index (χ2v) is 6.32. The summed E-state index contributed by atoms with van der Waals surface area (Å²) in [5.74, 6) is -0.0819. The average molecular weight is 340 g/mol. The number of carbonyl (C=O) groups is 1. The maximum Gasteiger partial charge on any atom is 0.246 e. The van der Waals surface area contributed by atoms with Crippen molar-refractivity contribution in [3.05, 3.63) is 46.1 Å². The zero-order valence-corrected chi connectivity index (χ0v) is 13.3. The van der Waals surface area contributed by atoms with E-state index in [4.69, 9.17) is 23.2 Å². The van der Waals surface area contributed by atoms with Crippen molar-refractivity contribution in [3.63, 3.8) is 0 Å². The zero-order valence-electron chi connectivity index (χ0n) is 11.0. The Morgan fingerprint density at radius 3 is 2.86 bits per heavy atom. The van der Waals surface area contributed by atoms with Crippen LogP contribution in [0.3, 0.4) is 0 Å². The molecular formula is C14H11Cl2N3OS. The molecule has 3 rings (SSSR count). The van der Waals surface area contributed by atoms with Crippen LogP contribution in [0.25, 0.3) is 0 Å². The summed E-state index contributed by atoms with van der Waals surface area (Å²) in [5, 5.41) is 7.61. The van der Waals surface area contributed by atoms with Crippen molar-refractivity contribution in [1.29, 1.82) is 0 Å². The van der Waals surface area contributed by atoms with Crippen LogP contribution in [0.4, 0.5) is 5.69 Å². The molecule has 0 radical (unpaired) electrons. The maximum atomic E-state index is 11.8. The van der Waals surface area contributed by atoms with Crippen LogP contribution in [0, 0.1) is 0 Å². The van der Waals surface area contributed by atoms with Crippen LogP contribution in [0.15, 0.2) is 40.4 Å². The van der Waals surface area contributed by atoms with E-state index in [9.17, 15) is 4.79 Å². The van der Waals surface area contributed by atoms with E-state index >= 15 is 0 Å². The highest BCUT2D eigenvalue weighted by atomic mass is 35.5. The van der Waals surface area contributed by atoms with Crippen LogP contribution in [-0.2, 0) is 4.79 Å². The molecule has 1 atom stereocenters. The third kappa shape index (κ3) is 2.74. The lowest BCUT2D eigenvalue weighted by Gasteiger charge is -2.10. The van der Waals surface area contributed by atoms with Gasteiger partial charge >= 0.3 is 0 Å². The molecule has 2 N–H and O–H groups in total. The number of likely N-dealkylation sites (N-methyl/N-ethyl adjacent to an activating group) is 1. The zero-order chi connectivity index (χ0) is 15.0. The van der Waals surface area contributed by atoms with E-state index in [1.807, 2.05) is 6.07 Å². The number of nitrogens with zero attached hydrogens (tertiary/aromatic N) is 1. The molecule has 1 aliphatic rings. The Hall–Kier alpha value is -1.27. The molecule has 4 nitrogen and oxygen atoms in total. The summed E-state index contributed by atoms with van der Waals surface area (Å²) >= 11 is 13.8. The van der Waals surface area contributed by atoms with Crippen LogP contribution >= 0.6 is 35.0 Å². The van der Waals surface area contributed by atoms with Crippen LogP contribution in [0.1, 0.15) is 11.6 Å². The lowest BCUT2D eigenvalue weighted by molar-refractivity contribution is -0.117. The molecule has 2 heterocycles. The van der Waals surface area contributed by atoms with E-state index in [1.165, 1.54) is 11.8 Å². The van der Waals surface area contributed by atoms with Gasteiger partial charge in [0.05, 0.1) is 10.0 Å². The third-order valence-electron chi connectivity index (χ3n) is 3.16. The Morgan fingerprint density at radius 1 is 1.33 bits per heavy atom. The number of nitrogens with one attached hydrogen (secondary N) is 2. The summed E-state index contributed by atoms with van der Waals surface area (Å²) in [6.45, 7) is 0. The van der Waals surface area contributed by atoms with Crippen LogP contribution < -0.4 is 10.6 Å². The summed E-state index contributed by atoms with van der Waals surface area (Å²) < 4.78 is 0. The average Bonchev–Trinajstić information content (AvgIpc) is 2.76. The molecule has 1 aromatic carbocycles. The molecule has 7 heteroatoms. The van der Waals surface area contributed by atoms with Gasteiger partial charge in [-0.2, -0.15) is 0 Å². The van der Waals surface area contributed by atoms with Crippen LogP contribution in [0.5, 0.6) is 0 Å². The molecule has 108 valence electrons. The van der Waals surface area contributed by atoms with Crippen molar-refractivity contribution >= 4 is 46.6 Å². The monoisotopic (exact) mass is 339 g/mol. The summed E-state index contributed by atoms with van der Waals surface area (Å²) in [7, 11) is 1.74. The standard InChI is InChI=1S/C14H11Cl2N3OS/c1-17-12-7-5-9(16)11(6-10(7)19-13(12)20)21-14-8(15)3-2-4-18-14/h2-6,12,17H,1H3,(H,19,20). The van der Waals surface area contributed by atoms with Crippen LogP contribution in [0.2, 0.25) is 10.0 Å². The molecule has 0 bridgehead atoms. The Kier molecular flexibility index (Phi) is 4.08. The highest BCUT2D eigenvalue weighted by Crippen LogP contribution is 2.41. The molecule has 0 spiro atoms. The summed E-state index contributed by atoms with van der Waals surface area (Å²) in [4.78, 5) is 16.9. The van der Waals surface area contributed by atoms with Gasteiger partial charge in [0.2, 0.25) is 5.91 Å². The first-order valence-corrected chi connectivity index (χ1v) is 7.77. The minimum Gasteiger partial charge on any atom is -0.324 e. The number of aromatic nitrogens is 1. The van der Waals surface area contributed by atoms with Crippen LogP contribution in [-0.4, -0.2) is 17.9 Å². The number of benzene rings is 1. The van der Waals surface area contributed by atoms with Crippen molar-refractivity contribution in [1.82, 2.24) is 10.3 Å². The van der Waals surface area contributed by atoms with E-state index in [2.05, 4.69) is 15.6 Å². The second-order valence-electron chi connectivity index (χ2n) is 4.47. The number of carbonyl (C=O) groups excluding carboxylic acids is 1. The van der Waals surface area contributed by atoms with E-state index in [1.54, 1.807) is 31.4 Å². The Balaban J connectivity index is 1.98. The Bertz CT molecular complexity index is 723. The SMILES string of the molecule is CNC1C(=O)Nc2cc(Sc3ncccc3Cl)c(Cl)cc21. The largest absolute Gasteiger partial charge is 0.324 e. The van der Waals surface area contributed by atoms with Gasteiger partial charge in [0, 0.05) is 22.3 Å². The smallest absolute Gasteiger partial charge is 0.246 e. The van der Waals surface area contributed by atoms with Gasteiger partial charge in [-0.3, -0.25) is 4.79 Å². The predicted molar refractivity (Wildman–Crippen MR) is 85.3 cm³/mol. The first-order valence-electron chi connectivity index (χ1n) is 6.20. The fraction of sp³-hybridized carbons (Fsp3) is 0.143. The molecule has 2 aromatic rings. The van der Waals surface area contributed by atoms with Gasteiger partial charge in [0.25, 0.3) is 0 Å². The molecule has 0 saturated carbocycles. The lowest BCUT2D eigenvalue weighted by atomic mass is 10.1. The van der Waals surface area contributed by atoms with E-state index in [-0.39, 0.29) is 11.9 Å². The number of rotatable bonds is 3. The molecule has 1 unspecified atom stereocenters. The summed E-state index contributed by atoms with van der Waals surface area (Å²) in [6.07, 6.45) is 1.67. The number of anilines is 1. The first kappa shape index (κ1) is 14.7. The van der Waals surface area contributed by atoms with Crippen molar-refractivity contribution < 1.29 is 4.79 Å². The fourth-order valence-corrected chi connectivity index (χ4v) is 3.52. The summed E-state index contributed by atoms with van der Waals surface area (Å²) in [5.41, 5.74) is 1.61. The number of amides is 1. The van der Waals surface area contributed by atoms with E-state index in [0.717, 1.165) is 16.1 Å². The van der Waals surface area contributed by atoms with Gasteiger partial charge < -0.3 is 10.6 Å².